The number of unbranched alkanes of at least 4 members (excludes halogenated alkanes) is 2. The van der Waals surface area contributed by atoms with E-state index < -0.39 is 0 Å². The smallest absolute Gasteiger partial charge is 0.165 e. The highest BCUT2D eigenvalue weighted by atomic mass is 16.1. The third kappa shape index (κ3) is 4.14. The molecule has 5 aliphatic rings. The molecule has 0 saturated carbocycles. The third-order valence-electron chi connectivity index (χ3n) is 6.00. The number of allylic oxidation sites excluding steroid dienone is 4. The summed E-state index contributed by atoms with van der Waals surface area (Å²) in [5.41, 5.74) is 5.25. The van der Waals surface area contributed by atoms with Crippen molar-refractivity contribution in [3.05, 3.63) is 58.7 Å². The molecule has 0 aliphatic heterocycles. The summed E-state index contributed by atoms with van der Waals surface area (Å²) in [5.74, 6) is 0.367. The Morgan fingerprint density at radius 3 is 2.28 bits per heavy atom. The van der Waals surface area contributed by atoms with E-state index in [0.29, 0.717) is 5.78 Å². The monoisotopic (exact) mass is 336 g/mol. The predicted molar refractivity (Wildman–Crippen MR) is 106 cm³/mol. The van der Waals surface area contributed by atoms with E-state index in [9.17, 15) is 4.79 Å². The van der Waals surface area contributed by atoms with Gasteiger partial charge in [-0.25, -0.2) is 0 Å². The lowest BCUT2D eigenvalue weighted by Crippen LogP contribution is -2.32. The van der Waals surface area contributed by atoms with Gasteiger partial charge in [-0.15, -0.1) is 0 Å². The summed E-state index contributed by atoms with van der Waals surface area (Å²) >= 11 is 0. The maximum absolute atomic E-state index is 13.2. The first-order valence-corrected chi connectivity index (χ1v) is 10.2. The Balaban J connectivity index is 1.99. The second-order valence-electron chi connectivity index (χ2n) is 7.88. The van der Waals surface area contributed by atoms with Crippen molar-refractivity contribution < 1.29 is 4.79 Å². The number of benzene rings is 1. The molecule has 1 aromatic rings. The van der Waals surface area contributed by atoms with E-state index in [1.807, 2.05) is 6.08 Å². The Hall–Kier alpha value is -1.63. The molecule has 4 bridgehead atoms. The standard InChI is InChI=1S/C24H32O/c1-3-5-7-22-18-24(15-6-4-2)16-14-20-10-8-19(9-11-20)12-13-21(22)17-23(24)25/h8-11,17-18H,3-7,12-16H2,1-2H3. The Labute approximate surface area is 153 Å². The van der Waals surface area contributed by atoms with Gasteiger partial charge in [0.25, 0.3) is 0 Å². The van der Waals surface area contributed by atoms with Gasteiger partial charge in [0, 0.05) is 0 Å². The van der Waals surface area contributed by atoms with Crippen LogP contribution in [0.2, 0.25) is 0 Å². The minimum Gasteiger partial charge on any atom is -0.294 e. The first kappa shape index (κ1) is 18.2. The zero-order valence-electron chi connectivity index (χ0n) is 15.9. The molecule has 0 saturated heterocycles. The van der Waals surface area contributed by atoms with Crippen molar-refractivity contribution in [2.75, 3.05) is 0 Å². The highest BCUT2D eigenvalue weighted by Crippen LogP contribution is 2.42. The van der Waals surface area contributed by atoms with Crippen molar-refractivity contribution >= 4 is 5.78 Å². The largest absolute Gasteiger partial charge is 0.294 e. The molecule has 6 rings (SSSR count). The second-order valence-corrected chi connectivity index (χ2v) is 7.88. The van der Waals surface area contributed by atoms with Crippen LogP contribution in [0.1, 0.15) is 76.3 Å². The summed E-state index contributed by atoms with van der Waals surface area (Å²) in [7, 11) is 0. The number of aryl methyl sites for hydroxylation is 2. The first-order chi connectivity index (χ1) is 12.2. The van der Waals surface area contributed by atoms with E-state index >= 15 is 0 Å². The van der Waals surface area contributed by atoms with Crippen molar-refractivity contribution in [1.29, 1.82) is 0 Å². The van der Waals surface area contributed by atoms with E-state index in [1.165, 1.54) is 35.1 Å². The number of hydrogen-bond donors (Lipinski definition) is 0. The summed E-state index contributed by atoms with van der Waals surface area (Å²) < 4.78 is 0. The first-order valence-electron chi connectivity index (χ1n) is 10.2. The molecule has 0 spiro atoms. The van der Waals surface area contributed by atoms with Gasteiger partial charge in [-0.1, -0.05) is 63.5 Å². The van der Waals surface area contributed by atoms with Crippen LogP contribution in [0.15, 0.2) is 47.6 Å². The molecule has 5 aliphatic carbocycles. The molecule has 0 amide bonds. The maximum atomic E-state index is 13.2. The third-order valence-corrected chi connectivity index (χ3v) is 6.00. The summed E-state index contributed by atoms with van der Waals surface area (Å²) in [4.78, 5) is 13.2. The van der Waals surface area contributed by atoms with Gasteiger partial charge in [-0.05, 0) is 73.3 Å². The Morgan fingerprint density at radius 2 is 1.60 bits per heavy atom. The Kier molecular flexibility index (Phi) is 5.93. The van der Waals surface area contributed by atoms with Gasteiger partial charge in [0.15, 0.2) is 5.78 Å². The molecule has 134 valence electrons. The van der Waals surface area contributed by atoms with E-state index in [2.05, 4.69) is 44.2 Å². The van der Waals surface area contributed by atoms with Crippen LogP contribution >= 0.6 is 0 Å². The number of carbonyl (C=O) groups is 1. The molecule has 0 heterocycles. The maximum Gasteiger partial charge on any atom is 0.165 e. The van der Waals surface area contributed by atoms with Gasteiger partial charge in [-0.2, -0.15) is 0 Å². The average Bonchev–Trinajstić information content (AvgIpc) is 2.63. The van der Waals surface area contributed by atoms with Gasteiger partial charge < -0.3 is 0 Å². The highest BCUT2D eigenvalue weighted by Gasteiger charge is 2.37. The second kappa shape index (κ2) is 8.17. The van der Waals surface area contributed by atoms with Crippen LogP contribution in [0, 0.1) is 5.41 Å². The van der Waals surface area contributed by atoms with E-state index in [1.54, 1.807) is 0 Å². The fourth-order valence-electron chi connectivity index (χ4n) is 4.25. The number of hydrogen-bond acceptors (Lipinski definition) is 1. The number of rotatable bonds is 6. The fourth-order valence-corrected chi connectivity index (χ4v) is 4.25. The molecule has 0 radical (unpaired) electrons. The number of carbonyl (C=O) groups excluding carboxylic acids is 1. The van der Waals surface area contributed by atoms with Gasteiger partial charge in [0.05, 0.1) is 5.41 Å². The van der Waals surface area contributed by atoms with Crippen LogP contribution < -0.4 is 0 Å². The molecule has 0 aromatic heterocycles. The van der Waals surface area contributed by atoms with Crippen molar-refractivity contribution in [2.45, 2.75) is 78.1 Å². The van der Waals surface area contributed by atoms with Gasteiger partial charge in [-0.3, -0.25) is 4.79 Å². The molecule has 1 nitrogen and oxygen atoms in total. The minimum absolute atomic E-state index is 0.263. The summed E-state index contributed by atoms with van der Waals surface area (Å²) in [5, 5.41) is 0. The Bertz CT molecular complexity index is 662. The normalized spacial score (nSPS) is 23.0. The quantitative estimate of drug-likeness (QED) is 0.590. The molecule has 25 heavy (non-hydrogen) atoms. The van der Waals surface area contributed by atoms with Crippen LogP contribution in [-0.2, 0) is 17.6 Å². The van der Waals surface area contributed by atoms with Crippen LogP contribution in [0.4, 0.5) is 0 Å². The molecule has 1 aromatic carbocycles. The van der Waals surface area contributed by atoms with Crippen molar-refractivity contribution in [3.8, 4) is 0 Å². The summed E-state index contributed by atoms with van der Waals surface area (Å²) in [6, 6.07) is 9.08. The lowest BCUT2D eigenvalue weighted by Gasteiger charge is -2.34. The van der Waals surface area contributed by atoms with Crippen molar-refractivity contribution in [2.24, 2.45) is 5.41 Å². The SMILES string of the molecule is CCCCC1=CC2(CCCC)CCc3ccc(cc3)CCC1=CC2=O. The molecule has 1 unspecified atom stereocenters. The van der Waals surface area contributed by atoms with Gasteiger partial charge >= 0.3 is 0 Å². The highest BCUT2D eigenvalue weighted by molar-refractivity contribution is 5.99. The molecular weight excluding hydrogens is 304 g/mol. The van der Waals surface area contributed by atoms with Crippen LogP contribution in [-0.4, -0.2) is 5.78 Å². The molecule has 0 N–H and O–H groups in total. The summed E-state index contributed by atoms with van der Waals surface area (Å²) in [6.45, 7) is 4.47. The van der Waals surface area contributed by atoms with Gasteiger partial charge in [0.1, 0.15) is 0 Å². The van der Waals surface area contributed by atoms with E-state index in [4.69, 9.17) is 0 Å². The fraction of sp³-hybridized carbons (Fsp3) is 0.542. The topological polar surface area (TPSA) is 17.1 Å². The summed E-state index contributed by atoms with van der Waals surface area (Å²) in [6.07, 6.45) is 15.2. The zero-order chi connectivity index (χ0) is 17.7. The minimum atomic E-state index is -0.263. The molecular formula is C24H32O. The van der Waals surface area contributed by atoms with E-state index in [0.717, 1.165) is 51.4 Å². The molecule has 0 fully saturated rings. The van der Waals surface area contributed by atoms with Crippen molar-refractivity contribution in [1.82, 2.24) is 0 Å². The molecule has 1 heteroatoms. The van der Waals surface area contributed by atoms with Gasteiger partial charge in [0.2, 0.25) is 0 Å². The zero-order valence-corrected chi connectivity index (χ0v) is 15.9. The Morgan fingerprint density at radius 1 is 0.920 bits per heavy atom. The lowest BCUT2D eigenvalue weighted by molar-refractivity contribution is -0.122. The number of ketones is 1. The predicted octanol–water partition coefficient (Wildman–Crippen LogP) is 6.37. The molecule has 1 atom stereocenters. The lowest BCUT2D eigenvalue weighted by atomic mass is 9.68. The van der Waals surface area contributed by atoms with Crippen LogP contribution in [0.5, 0.6) is 0 Å². The van der Waals surface area contributed by atoms with Crippen LogP contribution in [0.3, 0.4) is 0 Å². The van der Waals surface area contributed by atoms with Crippen LogP contribution in [0.25, 0.3) is 0 Å². The average molecular weight is 337 g/mol. The van der Waals surface area contributed by atoms with E-state index in [-0.39, 0.29) is 5.41 Å². The van der Waals surface area contributed by atoms with Crippen molar-refractivity contribution in [3.63, 3.8) is 0 Å².